The van der Waals surface area contributed by atoms with Crippen molar-refractivity contribution in [2.45, 2.75) is 12.8 Å². The standard InChI is InChI=1S/C8H11NO3/c9-4-3-6-1-2-7(12-6)5-8(10)11/h1-2H,3-5,9H2,(H,10,11). The Morgan fingerprint density at radius 2 is 2.17 bits per heavy atom. The number of nitrogens with two attached hydrogens (primary N) is 1. The van der Waals surface area contributed by atoms with Crippen LogP contribution < -0.4 is 5.73 Å². The predicted octanol–water partition coefficient (Wildman–Crippen LogP) is 0.408. The Kier molecular flexibility index (Phi) is 2.88. The third-order valence-electron chi connectivity index (χ3n) is 1.43. The van der Waals surface area contributed by atoms with Crippen LogP contribution in [-0.2, 0) is 17.6 Å². The van der Waals surface area contributed by atoms with Crippen LogP contribution in [0.25, 0.3) is 0 Å². The van der Waals surface area contributed by atoms with Crippen molar-refractivity contribution in [3.8, 4) is 0 Å². The summed E-state index contributed by atoms with van der Waals surface area (Å²) in [6, 6.07) is 3.42. The fourth-order valence-electron chi connectivity index (χ4n) is 0.943. The molecule has 1 aromatic heterocycles. The molecule has 1 rings (SSSR count). The van der Waals surface area contributed by atoms with Crippen molar-refractivity contribution in [1.82, 2.24) is 0 Å². The molecule has 0 spiro atoms. The largest absolute Gasteiger partial charge is 0.481 e. The number of furan rings is 1. The third-order valence-corrected chi connectivity index (χ3v) is 1.43. The summed E-state index contributed by atoms with van der Waals surface area (Å²) in [5.74, 6) is 0.336. The van der Waals surface area contributed by atoms with Gasteiger partial charge in [-0.1, -0.05) is 0 Å². The molecule has 0 fully saturated rings. The van der Waals surface area contributed by atoms with Crippen molar-refractivity contribution in [3.05, 3.63) is 23.7 Å². The average Bonchev–Trinajstić information content (AvgIpc) is 2.36. The van der Waals surface area contributed by atoms with Gasteiger partial charge in [0.2, 0.25) is 0 Å². The maximum atomic E-state index is 10.3. The van der Waals surface area contributed by atoms with E-state index in [2.05, 4.69) is 0 Å². The summed E-state index contributed by atoms with van der Waals surface area (Å²) >= 11 is 0. The second kappa shape index (κ2) is 3.92. The molecule has 12 heavy (non-hydrogen) atoms. The van der Waals surface area contributed by atoms with Crippen molar-refractivity contribution in [3.63, 3.8) is 0 Å². The van der Waals surface area contributed by atoms with E-state index < -0.39 is 5.97 Å². The molecule has 0 aliphatic heterocycles. The molecule has 0 aliphatic rings. The lowest BCUT2D eigenvalue weighted by Crippen LogP contribution is -2.01. The molecule has 0 amide bonds. The van der Waals surface area contributed by atoms with Crippen molar-refractivity contribution in [2.75, 3.05) is 6.54 Å². The summed E-state index contributed by atoms with van der Waals surface area (Å²) < 4.78 is 5.17. The molecule has 0 radical (unpaired) electrons. The molecular formula is C8H11NO3. The van der Waals surface area contributed by atoms with Crippen LogP contribution in [0.1, 0.15) is 11.5 Å². The highest BCUT2D eigenvalue weighted by molar-refractivity contribution is 5.69. The highest BCUT2D eigenvalue weighted by atomic mass is 16.4. The van der Waals surface area contributed by atoms with Gasteiger partial charge in [-0.2, -0.15) is 0 Å². The van der Waals surface area contributed by atoms with Gasteiger partial charge < -0.3 is 15.3 Å². The Morgan fingerprint density at radius 3 is 2.75 bits per heavy atom. The predicted molar refractivity (Wildman–Crippen MR) is 42.8 cm³/mol. The second-order valence-corrected chi connectivity index (χ2v) is 2.48. The molecule has 0 unspecified atom stereocenters. The summed E-state index contributed by atoms with van der Waals surface area (Å²) in [5.41, 5.74) is 5.29. The first-order valence-electron chi connectivity index (χ1n) is 3.72. The van der Waals surface area contributed by atoms with Crippen LogP contribution in [0.2, 0.25) is 0 Å². The van der Waals surface area contributed by atoms with Crippen LogP contribution in [0, 0.1) is 0 Å². The van der Waals surface area contributed by atoms with Crippen molar-refractivity contribution < 1.29 is 14.3 Å². The summed E-state index contributed by atoms with van der Waals surface area (Å²) in [6.07, 6.45) is 0.587. The Hall–Kier alpha value is -1.29. The normalized spacial score (nSPS) is 10.1. The van der Waals surface area contributed by atoms with E-state index in [0.29, 0.717) is 18.7 Å². The number of carboxylic acid groups (broad SMARTS) is 1. The van der Waals surface area contributed by atoms with E-state index in [1.54, 1.807) is 12.1 Å². The van der Waals surface area contributed by atoms with E-state index in [1.165, 1.54) is 0 Å². The number of carbonyl (C=O) groups is 1. The summed E-state index contributed by atoms with van der Waals surface area (Å²) in [6.45, 7) is 0.514. The molecule has 0 atom stereocenters. The molecule has 0 saturated carbocycles. The minimum absolute atomic E-state index is 0.0649. The molecule has 0 aliphatic carbocycles. The third kappa shape index (κ3) is 2.39. The number of carboxylic acids is 1. The van der Waals surface area contributed by atoms with E-state index in [-0.39, 0.29) is 6.42 Å². The van der Waals surface area contributed by atoms with Gasteiger partial charge in [0.05, 0.1) is 0 Å². The van der Waals surface area contributed by atoms with Crippen LogP contribution in [-0.4, -0.2) is 17.6 Å². The second-order valence-electron chi connectivity index (χ2n) is 2.48. The van der Waals surface area contributed by atoms with Gasteiger partial charge in [-0.05, 0) is 18.7 Å². The molecule has 1 heterocycles. The molecule has 0 bridgehead atoms. The quantitative estimate of drug-likeness (QED) is 0.684. The lowest BCUT2D eigenvalue weighted by molar-refractivity contribution is -0.136. The van der Waals surface area contributed by atoms with Gasteiger partial charge in [-0.15, -0.1) is 0 Å². The van der Waals surface area contributed by atoms with Gasteiger partial charge in [-0.3, -0.25) is 4.79 Å². The zero-order valence-corrected chi connectivity index (χ0v) is 6.62. The molecule has 4 nitrogen and oxygen atoms in total. The van der Waals surface area contributed by atoms with E-state index in [1.807, 2.05) is 0 Å². The fraction of sp³-hybridized carbons (Fsp3) is 0.375. The molecule has 4 heteroatoms. The summed E-state index contributed by atoms with van der Waals surface area (Å²) in [4.78, 5) is 10.3. The Bertz CT molecular complexity index is 267. The Labute approximate surface area is 70.0 Å². The first-order valence-corrected chi connectivity index (χ1v) is 3.72. The monoisotopic (exact) mass is 169 g/mol. The summed E-state index contributed by atoms with van der Waals surface area (Å²) in [7, 11) is 0. The van der Waals surface area contributed by atoms with E-state index in [4.69, 9.17) is 15.3 Å². The molecule has 0 saturated heterocycles. The molecule has 3 N–H and O–H groups in total. The first-order chi connectivity index (χ1) is 5.72. The molecule has 66 valence electrons. The number of hydrogen-bond donors (Lipinski definition) is 2. The highest BCUT2D eigenvalue weighted by Crippen LogP contribution is 2.08. The van der Waals surface area contributed by atoms with E-state index in [0.717, 1.165) is 5.76 Å². The smallest absolute Gasteiger partial charge is 0.311 e. The number of aliphatic carboxylic acids is 1. The van der Waals surface area contributed by atoms with Gasteiger partial charge in [-0.25, -0.2) is 0 Å². The maximum absolute atomic E-state index is 10.3. The first kappa shape index (κ1) is 8.80. The Balaban J connectivity index is 2.58. The van der Waals surface area contributed by atoms with Gasteiger partial charge >= 0.3 is 5.97 Å². The van der Waals surface area contributed by atoms with E-state index >= 15 is 0 Å². The number of hydrogen-bond acceptors (Lipinski definition) is 3. The minimum atomic E-state index is -0.886. The van der Waals surface area contributed by atoms with Crippen LogP contribution in [0.4, 0.5) is 0 Å². The molecule has 0 aromatic carbocycles. The highest BCUT2D eigenvalue weighted by Gasteiger charge is 2.05. The zero-order valence-electron chi connectivity index (χ0n) is 6.62. The van der Waals surface area contributed by atoms with Crippen LogP contribution >= 0.6 is 0 Å². The van der Waals surface area contributed by atoms with Gasteiger partial charge in [0, 0.05) is 6.42 Å². The maximum Gasteiger partial charge on any atom is 0.311 e. The lowest BCUT2D eigenvalue weighted by Gasteiger charge is -1.91. The molecule has 1 aromatic rings. The lowest BCUT2D eigenvalue weighted by atomic mass is 10.3. The van der Waals surface area contributed by atoms with Gasteiger partial charge in [0.1, 0.15) is 17.9 Å². The Morgan fingerprint density at radius 1 is 1.50 bits per heavy atom. The zero-order chi connectivity index (χ0) is 8.97. The number of rotatable bonds is 4. The summed E-state index contributed by atoms with van der Waals surface area (Å²) in [5, 5.41) is 8.42. The topological polar surface area (TPSA) is 76.5 Å². The van der Waals surface area contributed by atoms with Gasteiger partial charge in [0.15, 0.2) is 0 Å². The fourth-order valence-corrected chi connectivity index (χ4v) is 0.943. The van der Waals surface area contributed by atoms with Crippen molar-refractivity contribution in [2.24, 2.45) is 5.73 Å². The van der Waals surface area contributed by atoms with Crippen LogP contribution in [0.3, 0.4) is 0 Å². The SMILES string of the molecule is NCCc1ccc(CC(=O)O)o1. The van der Waals surface area contributed by atoms with Crippen LogP contribution in [0.15, 0.2) is 16.5 Å². The van der Waals surface area contributed by atoms with E-state index in [9.17, 15) is 4.79 Å². The average molecular weight is 169 g/mol. The molecular weight excluding hydrogens is 158 g/mol. The van der Waals surface area contributed by atoms with Crippen molar-refractivity contribution >= 4 is 5.97 Å². The minimum Gasteiger partial charge on any atom is -0.481 e. The van der Waals surface area contributed by atoms with Gasteiger partial charge in [0.25, 0.3) is 0 Å². The van der Waals surface area contributed by atoms with Crippen LogP contribution in [0.5, 0.6) is 0 Å². The van der Waals surface area contributed by atoms with Crippen molar-refractivity contribution in [1.29, 1.82) is 0 Å².